The summed E-state index contributed by atoms with van der Waals surface area (Å²) in [4.78, 5) is 18.4. The third kappa shape index (κ3) is 5.18. The molecule has 1 aliphatic heterocycles. The van der Waals surface area contributed by atoms with Crippen LogP contribution >= 0.6 is 23.2 Å². The van der Waals surface area contributed by atoms with Crippen molar-refractivity contribution in [2.75, 3.05) is 32.0 Å². The molecule has 0 aliphatic carbocycles. The Bertz CT molecular complexity index is 1320. The number of likely N-dealkylation sites (tertiary alicyclic amines) is 1. The summed E-state index contributed by atoms with van der Waals surface area (Å²) in [6, 6.07) is 22.0. The number of carbonyl (C=O) groups excluding carboxylic acids is 1. The molecule has 35 heavy (non-hydrogen) atoms. The number of benzene rings is 3. The predicted octanol–water partition coefficient (Wildman–Crippen LogP) is 6.93. The molecule has 4 aromatic rings. The molecule has 5 rings (SSSR count). The number of aromatic nitrogens is 1. The second kappa shape index (κ2) is 9.94. The second-order valence-electron chi connectivity index (χ2n) is 9.37. The molecule has 2 amide bonds. The van der Waals surface area contributed by atoms with E-state index in [9.17, 15) is 4.79 Å². The van der Waals surface area contributed by atoms with Gasteiger partial charge in [-0.15, -0.1) is 0 Å². The first kappa shape index (κ1) is 23.7. The Hall–Kier alpha value is -2.99. The zero-order chi connectivity index (χ0) is 24.4. The number of H-pyrrole nitrogens is 1. The number of piperidine rings is 1. The number of halogens is 2. The number of rotatable bonds is 5. The first-order valence-corrected chi connectivity index (χ1v) is 12.5. The lowest BCUT2D eigenvalue weighted by Gasteiger charge is -2.41. The molecule has 0 unspecified atom stereocenters. The van der Waals surface area contributed by atoms with Crippen LogP contribution in [0.3, 0.4) is 0 Å². The van der Waals surface area contributed by atoms with Crippen LogP contribution in [0.2, 0.25) is 10.0 Å². The SMILES string of the molecule is CN1CCC(CNC(=O)Nc2cc(Cl)cc(Cl)c2)(c2ccc(-c3cccc4[nH]ccc34)cc2)CC1. The van der Waals surface area contributed by atoms with Crippen LogP contribution in [0.15, 0.2) is 72.9 Å². The van der Waals surface area contributed by atoms with Gasteiger partial charge in [0.05, 0.1) is 0 Å². The van der Waals surface area contributed by atoms with E-state index in [1.807, 2.05) is 6.20 Å². The molecule has 1 fully saturated rings. The Labute approximate surface area is 215 Å². The summed E-state index contributed by atoms with van der Waals surface area (Å²) in [5.41, 5.74) is 5.22. The molecule has 0 radical (unpaired) electrons. The highest BCUT2D eigenvalue weighted by Gasteiger charge is 2.35. The van der Waals surface area contributed by atoms with Gasteiger partial charge in [-0.25, -0.2) is 4.79 Å². The van der Waals surface area contributed by atoms with E-state index in [1.54, 1.807) is 18.2 Å². The largest absolute Gasteiger partial charge is 0.361 e. The number of aromatic amines is 1. The molecule has 0 spiro atoms. The maximum absolute atomic E-state index is 12.7. The van der Waals surface area contributed by atoms with Gasteiger partial charge in [0, 0.05) is 44.8 Å². The van der Waals surface area contributed by atoms with Crippen molar-refractivity contribution in [1.29, 1.82) is 0 Å². The van der Waals surface area contributed by atoms with Gasteiger partial charge in [0.25, 0.3) is 0 Å². The third-order valence-corrected chi connectivity index (χ3v) is 7.49. The lowest BCUT2D eigenvalue weighted by Crippen LogP contribution is -2.48. The van der Waals surface area contributed by atoms with E-state index in [2.05, 4.69) is 76.1 Å². The number of fused-ring (bicyclic) bond motifs is 1. The number of nitrogens with zero attached hydrogens (tertiary/aromatic N) is 1. The van der Waals surface area contributed by atoms with E-state index in [1.165, 1.54) is 22.1 Å². The fraction of sp³-hybridized carbons (Fsp3) is 0.250. The van der Waals surface area contributed by atoms with Crippen LogP contribution in [-0.2, 0) is 5.41 Å². The standard InChI is InChI=1S/C28H28Cl2N4O/c1-34-13-10-28(11-14-34,18-32-27(35)33-23-16-21(29)15-22(30)17-23)20-7-5-19(6-8-20)24-3-2-4-26-25(24)9-12-31-26/h2-9,12,15-17,31H,10-11,13-14,18H2,1H3,(H2,32,33,35). The molecule has 0 saturated carbocycles. The van der Waals surface area contributed by atoms with Gasteiger partial charge in [0.15, 0.2) is 0 Å². The van der Waals surface area contributed by atoms with Crippen molar-refractivity contribution in [3.63, 3.8) is 0 Å². The monoisotopic (exact) mass is 506 g/mol. The molecule has 5 nitrogen and oxygen atoms in total. The zero-order valence-corrected chi connectivity index (χ0v) is 21.1. The van der Waals surface area contributed by atoms with Gasteiger partial charge < -0.3 is 20.5 Å². The van der Waals surface area contributed by atoms with Crippen molar-refractivity contribution in [3.05, 3.63) is 88.5 Å². The maximum Gasteiger partial charge on any atom is 0.319 e. The van der Waals surface area contributed by atoms with Crippen LogP contribution < -0.4 is 10.6 Å². The molecular weight excluding hydrogens is 479 g/mol. The molecule has 0 bridgehead atoms. The van der Waals surface area contributed by atoms with Gasteiger partial charge >= 0.3 is 6.03 Å². The van der Waals surface area contributed by atoms with Crippen molar-refractivity contribution in [3.8, 4) is 11.1 Å². The van der Waals surface area contributed by atoms with E-state index >= 15 is 0 Å². The summed E-state index contributed by atoms with van der Waals surface area (Å²) in [7, 11) is 2.15. The number of nitrogens with one attached hydrogen (secondary N) is 3. The Morgan fingerprint density at radius 2 is 1.71 bits per heavy atom. The molecule has 180 valence electrons. The molecule has 3 N–H and O–H groups in total. The summed E-state index contributed by atoms with van der Waals surface area (Å²) < 4.78 is 0. The normalized spacial score (nSPS) is 15.7. The Balaban J connectivity index is 1.36. The zero-order valence-electron chi connectivity index (χ0n) is 19.6. The quantitative estimate of drug-likeness (QED) is 0.275. The van der Waals surface area contributed by atoms with E-state index in [4.69, 9.17) is 23.2 Å². The summed E-state index contributed by atoms with van der Waals surface area (Å²) in [5.74, 6) is 0. The molecule has 0 atom stereocenters. The summed E-state index contributed by atoms with van der Waals surface area (Å²) in [6.07, 6.45) is 3.92. The first-order valence-electron chi connectivity index (χ1n) is 11.8. The average Bonchev–Trinajstić information content (AvgIpc) is 3.33. The van der Waals surface area contributed by atoms with E-state index in [0.29, 0.717) is 22.3 Å². The highest BCUT2D eigenvalue weighted by Crippen LogP contribution is 2.37. The van der Waals surface area contributed by atoms with Crippen molar-refractivity contribution in [2.24, 2.45) is 0 Å². The van der Waals surface area contributed by atoms with Gasteiger partial charge in [0.1, 0.15) is 0 Å². The van der Waals surface area contributed by atoms with Crippen molar-refractivity contribution in [1.82, 2.24) is 15.2 Å². The lowest BCUT2D eigenvalue weighted by atomic mass is 9.72. The molecule has 3 aromatic carbocycles. The second-order valence-corrected chi connectivity index (χ2v) is 10.2. The van der Waals surface area contributed by atoms with Crippen LogP contribution in [0.25, 0.3) is 22.0 Å². The van der Waals surface area contributed by atoms with Crippen molar-refractivity contribution in [2.45, 2.75) is 18.3 Å². The van der Waals surface area contributed by atoms with Crippen LogP contribution in [0.5, 0.6) is 0 Å². The topological polar surface area (TPSA) is 60.2 Å². The molecule has 1 saturated heterocycles. The smallest absolute Gasteiger partial charge is 0.319 e. The number of hydrogen-bond donors (Lipinski definition) is 3. The Kier molecular flexibility index (Phi) is 6.74. The van der Waals surface area contributed by atoms with Crippen molar-refractivity contribution >= 4 is 45.8 Å². The first-order chi connectivity index (χ1) is 16.9. The number of urea groups is 1. The minimum Gasteiger partial charge on any atom is -0.361 e. The van der Waals surface area contributed by atoms with E-state index in [-0.39, 0.29) is 11.4 Å². The molecule has 1 aromatic heterocycles. The Morgan fingerprint density at radius 3 is 2.43 bits per heavy atom. The lowest BCUT2D eigenvalue weighted by molar-refractivity contribution is 0.183. The summed E-state index contributed by atoms with van der Waals surface area (Å²) >= 11 is 12.1. The summed E-state index contributed by atoms with van der Waals surface area (Å²) in [5, 5.41) is 8.13. The number of amides is 2. The highest BCUT2D eigenvalue weighted by molar-refractivity contribution is 6.35. The number of anilines is 1. The maximum atomic E-state index is 12.7. The van der Waals surface area contributed by atoms with E-state index < -0.39 is 0 Å². The fourth-order valence-corrected chi connectivity index (χ4v) is 5.53. The number of hydrogen-bond acceptors (Lipinski definition) is 2. The van der Waals surface area contributed by atoms with Crippen LogP contribution in [0.4, 0.5) is 10.5 Å². The van der Waals surface area contributed by atoms with Gasteiger partial charge in [-0.05, 0) is 80.0 Å². The van der Waals surface area contributed by atoms with Gasteiger partial charge in [-0.1, -0.05) is 59.6 Å². The summed E-state index contributed by atoms with van der Waals surface area (Å²) in [6.45, 7) is 2.52. The van der Waals surface area contributed by atoms with Crippen molar-refractivity contribution < 1.29 is 4.79 Å². The number of carbonyl (C=O) groups is 1. The van der Waals surface area contributed by atoms with Crippen LogP contribution in [0, 0.1) is 0 Å². The molecule has 2 heterocycles. The minimum absolute atomic E-state index is 0.131. The van der Waals surface area contributed by atoms with Crippen LogP contribution in [0.1, 0.15) is 18.4 Å². The Morgan fingerprint density at radius 1 is 1.00 bits per heavy atom. The van der Waals surface area contributed by atoms with Gasteiger partial charge in [-0.3, -0.25) is 0 Å². The van der Waals surface area contributed by atoms with E-state index in [0.717, 1.165) is 31.4 Å². The third-order valence-electron chi connectivity index (χ3n) is 7.06. The van der Waals surface area contributed by atoms with Crippen LogP contribution in [-0.4, -0.2) is 42.6 Å². The molecular formula is C28H28Cl2N4O. The van der Waals surface area contributed by atoms with Gasteiger partial charge in [0.2, 0.25) is 0 Å². The predicted molar refractivity (Wildman–Crippen MR) is 146 cm³/mol. The molecule has 1 aliphatic rings. The average molecular weight is 507 g/mol. The molecule has 7 heteroatoms. The minimum atomic E-state index is -0.266. The highest BCUT2D eigenvalue weighted by atomic mass is 35.5. The van der Waals surface area contributed by atoms with Gasteiger partial charge in [-0.2, -0.15) is 0 Å². The fourth-order valence-electron chi connectivity index (χ4n) is 5.01.